The van der Waals surface area contributed by atoms with Gasteiger partial charge in [0.25, 0.3) is 0 Å². The summed E-state index contributed by atoms with van der Waals surface area (Å²) in [6, 6.07) is 8.36. The summed E-state index contributed by atoms with van der Waals surface area (Å²) in [6.45, 7) is 4.85. The molecule has 0 spiro atoms. The lowest BCUT2D eigenvalue weighted by molar-refractivity contribution is 0.235. The van der Waals surface area contributed by atoms with Crippen LogP contribution in [0.5, 0.6) is 5.75 Å². The Bertz CT molecular complexity index is 427. The van der Waals surface area contributed by atoms with Crippen molar-refractivity contribution in [3.05, 3.63) is 29.3 Å². The van der Waals surface area contributed by atoms with Crippen molar-refractivity contribution in [1.29, 1.82) is 5.26 Å². The van der Waals surface area contributed by atoms with Gasteiger partial charge in [-0.2, -0.15) is 5.26 Å². The van der Waals surface area contributed by atoms with Crippen molar-refractivity contribution in [2.75, 3.05) is 6.61 Å². The first kappa shape index (κ1) is 11.0. The Labute approximate surface area is 96.9 Å². The zero-order valence-electron chi connectivity index (χ0n) is 9.92. The maximum absolute atomic E-state index is 8.73. The van der Waals surface area contributed by atoms with Crippen LogP contribution in [0, 0.1) is 30.6 Å². The Morgan fingerprint density at radius 2 is 2.12 bits per heavy atom. The molecule has 84 valence electrons. The third-order valence-corrected chi connectivity index (χ3v) is 3.50. The first-order valence-electron chi connectivity index (χ1n) is 5.73. The van der Waals surface area contributed by atoms with Gasteiger partial charge < -0.3 is 4.74 Å². The molecule has 1 aromatic rings. The summed E-state index contributed by atoms with van der Waals surface area (Å²) in [5, 5.41) is 8.73. The number of nitriles is 1. The summed E-state index contributed by atoms with van der Waals surface area (Å²) in [6.07, 6.45) is 2.88. The zero-order chi connectivity index (χ0) is 11.6. The molecular weight excluding hydrogens is 198 g/mol. The van der Waals surface area contributed by atoms with Gasteiger partial charge in [-0.1, -0.05) is 12.1 Å². The molecule has 1 aromatic carbocycles. The van der Waals surface area contributed by atoms with E-state index in [1.165, 1.54) is 11.1 Å². The molecule has 1 aliphatic carbocycles. The second-order valence-electron chi connectivity index (χ2n) is 4.82. The van der Waals surface area contributed by atoms with Crippen LogP contribution < -0.4 is 4.74 Å². The average molecular weight is 215 g/mol. The summed E-state index contributed by atoms with van der Waals surface area (Å²) in [5.74, 6) is 0.962. The maximum atomic E-state index is 8.73. The van der Waals surface area contributed by atoms with Crippen LogP contribution in [0.4, 0.5) is 0 Å². The largest absolute Gasteiger partial charge is 0.493 e. The van der Waals surface area contributed by atoms with E-state index in [0.29, 0.717) is 13.0 Å². The summed E-state index contributed by atoms with van der Waals surface area (Å²) >= 11 is 0. The SMILES string of the molecule is Cc1cccc(OCC2(CC#N)CC2)c1C. The third kappa shape index (κ3) is 2.19. The zero-order valence-corrected chi connectivity index (χ0v) is 9.92. The van der Waals surface area contributed by atoms with Crippen LogP contribution in [-0.2, 0) is 0 Å². The van der Waals surface area contributed by atoms with Crippen molar-refractivity contribution in [1.82, 2.24) is 0 Å². The van der Waals surface area contributed by atoms with Crippen molar-refractivity contribution >= 4 is 0 Å². The van der Waals surface area contributed by atoms with Crippen molar-refractivity contribution in [3.8, 4) is 11.8 Å². The molecule has 2 nitrogen and oxygen atoms in total. The van der Waals surface area contributed by atoms with E-state index in [0.717, 1.165) is 18.6 Å². The highest BCUT2D eigenvalue weighted by Gasteiger charge is 2.43. The second kappa shape index (κ2) is 4.17. The predicted molar refractivity (Wildman–Crippen MR) is 63.3 cm³/mol. The van der Waals surface area contributed by atoms with Crippen LogP contribution in [0.25, 0.3) is 0 Å². The summed E-state index contributed by atoms with van der Waals surface area (Å²) in [4.78, 5) is 0. The fourth-order valence-electron chi connectivity index (χ4n) is 1.83. The lowest BCUT2D eigenvalue weighted by Crippen LogP contribution is -2.13. The van der Waals surface area contributed by atoms with E-state index >= 15 is 0 Å². The van der Waals surface area contributed by atoms with Gasteiger partial charge in [-0.15, -0.1) is 0 Å². The van der Waals surface area contributed by atoms with E-state index in [4.69, 9.17) is 10.00 Å². The molecule has 0 aliphatic heterocycles. The fourth-order valence-corrected chi connectivity index (χ4v) is 1.83. The van der Waals surface area contributed by atoms with Crippen LogP contribution in [0.15, 0.2) is 18.2 Å². The van der Waals surface area contributed by atoms with E-state index in [2.05, 4.69) is 26.0 Å². The fraction of sp³-hybridized carbons (Fsp3) is 0.500. The topological polar surface area (TPSA) is 33.0 Å². The predicted octanol–water partition coefficient (Wildman–Crippen LogP) is 3.38. The van der Waals surface area contributed by atoms with Crippen molar-refractivity contribution in [3.63, 3.8) is 0 Å². The molecule has 2 rings (SSSR count). The van der Waals surface area contributed by atoms with Crippen LogP contribution in [0.3, 0.4) is 0 Å². The Morgan fingerprint density at radius 3 is 2.75 bits per heavy atom. The molecule has 0 atom stereocenters. The number of aryl methyl sites for hydroxylation is 1. The molecule has 0 aromatic heterocycles. The van der Waals surface area contributed by atoms with E-state index in [1.807, 2.05) is 12.1 Å². The molecule has 0 radical (unpaired) electrons. The standard InChI is InChI=1S/C14H17NO/c1-11-4-3-5-13(12(11)2)16-10-14(6-7-14)8-9-15/h3-5H,6-8,10H2,1-2H3. The van der Waals surface area contributed by atoms with Crippen molar-refractivity contribution in [2.45, 2.75) is 33.1 Å². The van der Waals surface area contributed by atoms with Crippen molar-refractivity contribution in [2.24, 2.45) is 5.41 Å². The highest BCUT2D eigenvalue weighted by atomic mass is 16.5. The van der Waals surface area contributed by atoms with Crippen LogP contribution in [-0.4, -0.2) is 6.61 Å². The average Bonchev–Trinajstić information content (AvgIpc) is 3.02. The number of nitrogens with zero attached hydrogens (tertiary/aromatic N) is 1. The van der Waals surface area contributed by atoms with Gasteiger partial charge in [-0.3, -0.25) is 0 Å². The Hall–Kier alpha value is -1.49. The maximum Gasteiger partial charge on any atom is 0.122 e. The molecular formula is C14H17NO. The first-order chi connectivity index (χ1) is 7.67. The number of hydrogen-bond acceptors (Lipinski definition) is 2. The molecule has 2 heteroatoms. The Morgan fingerprint density at radius 1 is 1.38 bits per heavy atom. The molecule has 0 saturated heterocycles. The normalized spacial score (nSPS) is 16.6. The van der Waals surface area contributed by atoms with Gasteiger partial charge in [0.15, 0.2) is 0 Å². The number of hydrogen-bond donors (Lipinski definition) is 0. The minimum Gasteiger partial charge on any atom is -0.493 e. The van der Waals surface area contributed by atoms with Crippen molar-refractivity contribution < 1.29 is 4.74 Å². The number of rotatable bonds is 4. The Kier molecular flexibility index (Phi) is 2.87. The quantitative estimate of drug-likeness (QED) is 0.771. The van der Waals surface area contributed by atoms with Crippen LogP contribution >= 0.6 is 0 Å². The molecule has 0 bridgehead atoms. The molecule has 1 fully saturated rings. The highest BCUT2D eigenvalue weighted by molar-refractivity contribution is 5.38. The molecule has 0 N–H and O–H groups in total. The lowest BCUT2D eigenvalue weighted by Gasteiger charge is -2.15. The van der Waals surface area contributed by atoms with Gasteiger partial charge in [0.2, 0.25) is 0 Å². The smallest absolute Gasteiger partial charge is 0.122 e. The summed E-state index contributed by atoms with van der Waals surface area (Å²) < 4.78 is 5.85. The van der Waals surface area contributed by atoms with E-state index in [-0.39, 0.29) is 5.41 Å². The van der Waals surface area contributed by atoms with Crippen LogP contribution in [0.1, 0.15) is 30.4 Å². The van der Waals surface area contributed by atoms with Gasteiger partial charge in [0, 0.05) is 11.8 Å². The van der Waals surface area contributed by atoms with E-state index in [1.54, 1.807) is 0 Å². The number of ether oxygens (including phenoxy) is 1. The van der Waals surface area contributed by atoms with Gasteiger partial charge in [0.1, 0.15) is 5.75 Å². The Balaban J connectivity index is 2.00. The van der Waals surface area contributed by atoms with Crippen LogP contribution in [0.2, 0.25) is 0 Å². The number of benzene rings is 1. The van der Waals surface area contributed by atoms with E-state index < -0.39 is 0 Å². The molecule has 0 heterocycles. The summed E-state index contributed by atoms with van der Waals surface area (Å²) in [5.41, 5.74) is 2.61. The van der Waals surface area contributed by atoms with Gasteiger partial charge in [-0.25, -0.2) is 0 Å². The molecule has 0 unspecified atom stereocenters. The minimum absolute atomic E-state index is 0.158. The lowest BCUT2D eigenvalue weighted by atomic mass is 10.1. The molecule has 1 aliphatic rings. The van der Waals surface area contributed by atoms with E-state index in [9.17, 15) is 0 Å². The first-order valence-corrected chi connectivity index (χ1v) is 5.73. The summed E-state index contributed by atoms with van der Waals surface area (Å²) in [7, 11) is 0. The monoisotopic (exact) mass is 215 g/mol. The third-order valence-electron chi connectivity index (χ3n) is 3.50. The molecule has 16 heavy (non-hydrogen) atoms. The highest BCUT2D eigenvalue weighted by Crippen LogP contribution is 2.48. The van der Waals surface area contributed by atoms with Gasteiger partial charge in [0.05, 0.1) is 12.7 Å². The van der Waals surface area contributed by atoms with Gasteiger partial charge >= 0.3 is 0 Å². The second-order valence-corrected chi connectivity index (χ2v) is 4.82. The minimum atomic E-state index is 0.158. The molecule has 1 saturated carbocycles. The van der Waals surface area contributed by atoms with Gasteiger partial charge in [-0.05, 0) is 43.9 Å². The molecule has 0 amide bonds.